The minimum Gasteiger partial charge on any atom is -0.486 e. The number of benzene rings is 2. The summed E-state index contributed by atoms with van der Waals surface area (Å²) in [4.78, 5) is 13.4. The van der Waals surface area contributed by atoms with Crippen LogP contribution < -0.4 is 14.8 Å². The van der Waals surface area contributed by atoms with Gasteiger partial charge in [0.25, 0.3) is 0 Å². The van der Waals surface area contributed by atoms with Crippen LogP contribution in [0.4, 0.5) is 5.69 Å². The Morgan fingerprint density at radius 1 is 1.09 bits per heavy atom. The number of carbonyl (C=O) groups is 1. The number of aryl methyl sites for hydroxylation is 1. The molecule has 1 aliphatic heterocycles. The second kappa shape index (κ2) is 6.96. The standard InChI is InChI=1S/C18H19NO3S/c1-12-3-6-15(7-4-12)23-13(2)18(20)19-14-5-8-16-17(11-14)22-10-9-21-16/h3-8,11,13H,9-10H2,1-2H3,(H,19,20)/t13-/m0/s1. The Balaban J connectivity index is 1.63. The molecule has 1 amide bonds. The van der Waals surface area contributed by atoms with Gasteiger partial charge in [0.05, 0.1) is 5.25 Å². The Hall–Kier alpha value is -2.14. The molecule has 0 saturated carbocycles. The van der Waals surface area contributed by atoms with Crippen molar-refractivity contribution < 1.29 is 14.3 Å². The molecule has 2 aromatic rings. The van der Waals surface area contributed by atoms with Crippen LogP contribution in [0.25, 0.3) is 0 Å². The van der Waals surface area contributed by atoms with Crippen molar-refractivity contribution in [3.05, 3.63) is 48.0 Å². The van der Waals surface area contributed by atoms with E-state index in [1.165, 1.54) is 5.56 Å². The Kier molecular flexibility index (Phi) is 4.76. The van der Waals surface area contributed by atoms with E-state index >= 15 is 0 Å². The minimum absolute atomic E-state index is 0.0350. The summed E-state index contributed by atoms with van der Waals surface area (Å²) in [7, 11) is 0. The van der Waals surface area contributed by atoms with Gasteiger partial charge in [0.1, 0.15) is 13.2 Å². The minimum atomic E-state index is -0.189. The highest BCUT2D eigenvalue weighted by Crippen LogP contribution is 2.33. The van der Waals surface area contributed by atoms with Gasteiger partial charge in [0.15, 0.2) is 11.5 Å². The maximum absolute atomic E-state index is 12.3. The zero-order chi connectivity index (χ0) is 16.2. The number of hydrogen-bond donors (Lipinski definition) is 1. The molecule has 1 atom stereocenters. The quantitative estimate of drug-likeness (QED) is 0.865. The lowest BCUT2D eigenvalue weighted by atomic mass is 10.2. The first-order valence-corrected chi connectivity index (χ1v) is 8.43. The fourth-order valence-corrected chi connectivity index (χ4v) is 3.11. The lowest BCUT2D eigenvalue weighted by Gasteiger charge is -2.19. The van der Waals surface area contributed by atoms with Gasteiger partial charge in [0.2, 0.25) is 5.91 Å². The van der Waals surface area contributed by atoms with E-state index in [1.807, 2.05) is 50.2 Å². The van der Waals surface area contributed by atoms with Gasteiger partial charge in [-0.25, -0.2) is 0 Å². The molecule has 0 fully saturated rings. The second-order valence-corrected chi connectivity index (χ2v) is 6.84. The van der Waals surface area contributed by atoms with Gasteiger partial charge in [-0.15, -0.1) is 11.8 Å². The van der Waals surface area contributed by atoms with Gasteiger partial charge in [-0.2, -0.15) is 0 Å². The molecule has 0 aliphatic carbocycles. The van der Waals surface area contributed by atoms with Crippen molar-refractivity contribution in [2.75, 3.05) is 18.5 Å². The molecule has 0 radical (unpaired) electrons. The third-order valence-corrected chi connectivity index (χ3v) is 4.62. The Morgan fingerprint density at radius 2 is 1.78 bits per heavy atom. The van der Waals surface area contributed by atoms with E-state index in [-0.39, 0.29) is 11.2 Å². The van der Waals surface area contributed by atoms with Crippen LogP contribution in [0, 0.1) is 6.92 Å². The van der Waals surface area contributed by atoms with E-state index in [0.29, 0.717) is 19.0 Å². The number of hydrogen-bond acceptors (Lipinski definition) is 4. The van der Waals surface area contributed by atoms with Gasteiger partial charge in [-0.1, -0.05) is 17.7 Å². The van der Waals surface area contributed by atoms with Crippen molar-refractivity contribution in [3.63, 3.8) is 0 Å². The van der Waals surface area contributed by atoms with E-state index < -0.39 is 0 Å². The molecule has 0 aromatic heterocycles. The molecule has 3 rings (SSSR count). The predicted octanol–water partition coefficient (Wildman–Crippen LogP) is 3.89. The summed E-state index contributed by atoms with van der Waals surface area (Å²) in [6.07, 6.45) is 0. The smallest absolute Gasteiger partial charge is 0.237 e. The highest BCUT2D eigenvalue weighted by molar-refractivity contribution is 8.00. The number of fused-ring (bicyclic) bond motifs is 1. The first kappa shape index (κ1) is 15.7. The van der Waals surface area contributed by atoms with Gasteiger partial charge < -0.3 is 14.8 Å². The highest BCUT2D eigenvalue weighted by Gasteiger charge is 2.17. The van der Waals surface area contributed by atoms with Gasteiger partial charge in [-0.3, -0.25) is 4.79 Å². The first-order valence-electron chi connectivity index (χ1n) is 7.55. The topological polar surface area (TPSA) is 47.6 Å². The molecule has 0 unspecified atom stereocenters. The number of ether oxygens (including phenoxy) is 2. The van der Waals surface area contributed by atoms with E-state index in [1.54, 1.807) is 17.8 Å². The summed E-state index contributed by atoms with van der Waals surface area (Å²) < 4.78 is 11.0. The molecule has 4 nitrogen and oxygen atoms in total. The molecule has 1 heterocycles. The van der Waals surface area contributed by atoms with Gasteiger partial charge in [-0.05, 0) is 38.1 Å². The summed E-state index contributed by atoms with van der Waals surface area (Å²) in [5.41, 5.74) is 1.93. The molecular weight excluding hydrogens is 310 g/mol. The number of nitrogens with one attached hydrogen (secondary N) is 1. The average Bonchev–Trinajstić information content (AvgIpc) is 2.56. The Bertz CT molecular complexity index is 700. The maximum Gasteiger partial charge on any atom is 0.237 e. The van der Waals surface area contributed by atoms with Crippen LogP contribution in [0.3, 0.4) is 0 Å². The van der Waals surface area contributed by atoms with Crippen LogP contribution in [0.1, 0.15) is 12.5 Å². The molecule has 0 spiro atoms. The summed E-state index contributed by atoms with van der Waals surface area (Å²) >= 11 is 1.54. The van der Waals surface area contributed by atoms with Crippen LogP contribution in [0.15, 0.2) is 47.4 Å². The molecule has 1 aliphatic rings. The average molecular weight is 329 g/mol. The van der Waals surface area contributed by atoms with Crippen molar-refractivity contribution in [1.82, 2.24) is 0 Å². The lowest BCUT2D eigenvalue weighted by Crippen LogP contribution is -2.22. The Morgan fingerprint density at radius 3 is 2.52 bits per heavy atom. The SMILES string of the molecule is Cc1ccc(S[C@@H](C)C(=O)Nc2ccc3c(c2)OCCO3)cc1. The zero-order valence-electron chi connectivity index (χ0n) is 13.2. The van der Waals surface area contributed by atoms with Crippen molar-refractivity contribution in [1.29, 1.82) is 0 Å². The van der Waals surface area contributed by atoms with E-state index in [0.717, 1.165) is 16.3 Å². The second-order valence-electron chi connectivity index (χ2n) is 5.42. The van der Waals surface area contributed by atoms with E-state index in [4.69, 9.17) is 9.47 Å². The van der Waals surface area contributed by atoms with Crippen LogP contribution in [-0.2, 0) is 4.79 Å². The molecule has 0 saturated heterocycles. The van der Waals surface area contributed by atoms with Crippen LogP contribution in [0.5, 0.6) is 11.5 Å². The summed E-state index contributed by atoms with van der Waals surface area (Å²) in [6, 6.07) is 13.6. The van der Waals surface area contributed by atoms with E-state index in [2.05, 4.69) is 5.32 Å². The van der Waals surface area contributed by atoms with Crippen molar-refractivity contribution >= 4 is 23.4 Å². The molecular formula is C18H19NO3S. The molecule has 5 heteroatoms. The largest absolute Gasteiger partial charge is 0.486 e. The summed E-state index contributed by atoms with van der Waals surface area (Å²) in [5.74, 6) is 1.36. The summed E-state index contributed by atoms with van der Waals surface area (Å²) in [5, 5.41) is 2.74. The van der Waals surface area contributed by atoms with Gasteiger partial charge >= 0.3 is 0 Å². The van der Waals surface area contributed by atoms with Crippen LogP contribution >= 0.6 is 11.8 Å². The monoisotopic (exact) mass is 329 g/mol. The van der Waals surface area contributed by atoms with E-state index in [9.17, 15) is 4.79 Å². The number of carbonyl (C=O) groups excluding carboxylic acids is 1. The van der Waals surface area contributed by atoms with Gasteiger partial charge in [0, 0.05) is 16.6 Å². The van der Waals surface area contributed by atoms with Crippen molar-refractivity contribution in [2.24, 2.45) is 0 Å². The molecule has 1 N–H and O–H groups in total. The fraction of sp³-hybridized carbons (Fsp3) is 0.278. The lowest BCUT2D eigenvalue weighted by molar-refractivity contribution is -0.115. The molecule has 120 valence electrons. The normalized spacial score (nSPS) is 14.2. The molecule has 0 bridgehead atoms. The highest BCUT2D eigenvalue weighted by atomic mass is 32.2. The zero-order valence-corrected chi connectivity index (χ0v) is 14.0. The third-order valence-electron chi connectivity index (χ3n) is 3.51. The predicted molar refractivity (Wildman–Crippen MR) is 92.6 cm³/mol. The maximum atomic E-state index is 12.3. The first-order chi connectivity index (χ1) is 11.1. The molecule has 23 heavy (non-hydrogen) atoms. The third kappa shape index (κ3) is 3.99. The number of rotatable bonds is 4. The Labute approximate surface area is 140 Å². The molecule has 2 aromatic carbocycles. The number of thioether (sulfide) groups is 1. The van der Waals surface area contributed by atoms with Crippen molar-refractivity contribution in [3.8, 4) is 11.5 Å². The van der Waals surface area contributed by atoms with Crippen molar-refractivity contribution in [2.45, 2.75) is 24.0 Å². The van der Waals surface area contributed by atoms with Crippen LogP contribution in [0.2, 0.25) is 0 Å². The number of anilines is 1. The summed E-state index contributed by atoms with van der Waals surface area (Å²) in [6.45, 7) is 5.04. The van der Waals surface area contributed by atoms with Crippen LogP contribution in [-0.4, -0.2) is 24.4 Å². The fourth-order valence-electron chi connectivity index (χ4n) is 2.24. The number of amides is 1.